The summed E-state index contributed by atoms with van der Waals surface area (Å²) in [5.74, 6) is -0.570. The number of amides is 2. The van der Waals surface area contributed by atoms with Crippen LogP contribution in [-0.2, 0) is 11.3 Å². The van der Waals surface area contributed by atoms with Gasteiger partial charge in [-0.2, -0.15) is 0 Å². The predicted octanol–water partition coefficient (Wildman–Crippen LogP) is 5.05. The molecule has 1 aliphatic heterocycles. The molecule has 188 valence electrons. The van der Waals surface area contributed by atoms with Gasteiger partial charge in [0.15, 0.2) is 0 Å². The number of nitrogens with one attached hydrogen (secondary N) is 3. The molecule has 3 rings (SSSR count). The number of ether oxygens (including phenoxy) is 1. The first-order chi connectivity index (χ1) is 16.5. The first-order valence-corrected chi connectivity index (χ1v) is 12.9. The highest BCUT2D eigenvalue weighted by atomic mass is 35.5. The van der Waals surface area contributed by atoms with Crippen molar-refractivity contribution in [2.45, 2.75) is 50.6 Å². The molecule has 2 atom stereocenters. The molecule has 3 N–H and O–H groups in total. The van der Waals surface area contributed by atoms with Gasteiger partial charge in [0, 0.05) is 42.1 Å². The van der Waals surface area contributed by atoms with Crippen molar-refractivity contribution in [3.05, 3.63) is 69.2 Å². The number of thioether (sulfide) groups is 1. The molecule has 10 heteroatoms. The van der Waals surface area contributed by atoms with Crippen LogP contribution >= 0.6 is 35.0 Å². The van der Waals surface area contributed by atoms with Crippen LogP contribution in [0.25, 0.3) is 0 Å². The summed E-state index contributed by atoms with van der Waals surface area (Å²) in [7, 11) is 0. The number of carbonyl (C=O) groups excluding carboxylic acids is 3. The second-order valence-corrected chi connectivity index (χ2v) is 11.3. The maximum Gasteiger partial charge on any atom is 0.368 e. The van der Waals surface area contributed by atoms with Crippen molar-refractivity contribution in [2.24, 2.45) is 0 Å². The third-order valence-electron chi connectivity index (χ3n) is 5.17. The van der Waals surface area contributed by atoms with Crippen LogP contribution in [0.15, 0.2) is 42.5 Å². The Hall–Kier alpha value is -2.26. The van der Waals surface area contributed by atoms with Gasteiger partial charge >= 0.3 is 5.30 Å². The summed E-state index contributed by atoms with van der Waals surface area (Å²) in [6, 6.07) is 11.7. The molecule has 1 heterocycles. The summed E-state index contributed by atoms with van der Waals surface area (Å²) < 4.78 is 5.36. The molecular weight excluding hydrogens is 509 g/mol. The second-order valence-electron chi connectivity index (χ2n) is 9.27. The van der Waals surface area contributed by atoms with E-state index in [1.807, 2.05) is 20.8 Å². The lowest BCUT2D eigenvalue weighted by Gasteiger charge is -2.20. The Balaban J connectivity index is 1.47. The van der Waals surface area contributed by atoms with Gasteiger partial charge in [0.1, 0.15) is 5.60 Å². The van der Waals surface area contributed by atoms with Gasteiger partial charge in [-0.25, -0.2) is 4.79 Å². The standard InChI is InChI=1S/C25H29Cl2N3O4S/c1-25(2,3)34-24(33)35-19-11-18(28-14-19)13-30-23(32)17-6-4-5-16(10-17)22(31)29-12-15-7-8-20(26)21(27)9-15/h4-10,18-19,28H,11-14H2,1-3H3,(H,29,31)(H,30,32)/t18-,19-/m0/s1. The SMILES string of the molecule is CC(C)(C)OC(=O)S[C@@H]1CN[C@H](CNC(=O)c2cccc(C(=O)NCc3ccc(Cl)c(Cl)c3)c2)C1. The Kier molecular flexibility index (Phi) is 9.47. The van der Waals surface area contributed by atoms with Gasteiger partial charge in [0.2, 0.25) is 0 Å². The van der Waals surface area contributed by atoms with Crippen molar-refractivity contribution in [3.8, 4) is 0 Å². The summed E-state index contributed by atoms with van der Waals surface area (Å²) in [5.41, 5.74) is 1.07. The lowest BCUT2D eigenvalue weighted by atomic mass is 10.1. The highest BCUT2D eigenvalue weighted by Crippen LogP contribution is 2.25. The zero-order valence-corrected chi connectivity index (χ0v) is 22.2. The van der Waals surface area contributed by atoms with Gasteiger partial charge in [-0.3, -0.25) is 9.59 Å². The second kappa shape index (κ2) is 12.1. The summed E-state index contributed by atoms with van der Waals surface area (Å²) in [4.78, 5) is 37.2. The molecule has 0 spiro atoms. The van der Waals surface area contributed by atoms with E-state index in [0.29, 0.717) is 34.3 Å². The van der Waals surface area contributed by atoms with E-state index >= 15 is 0 Å². The molecule has 2 aromatic rings. The van der Waals surface area contributed by atoms with Crippen LogP contribution < -0.4 is 16.0 Å². The molecule has 7 nitrogen and oxygen atoms in total. The maximum atomic E-state index is 12.7. The lowest BCUT2D eigenvalue weighted by molar-refractivity contribution is 0.0736. The van der Waals surface area contributed by atoms with E-state index in [1.54, 1.807) is 42.5 Å². The summed E-state index contributed by atoms with van der Waals surface area (Å²) in [6.45, 7) is 6.87. The minimum Gasteiger partial charge on any atom is -0.452 e. The van der Waals surface area contributed by atoms with Gasteiger partial charge < -0.3 is 20.7 Å². The van der Waals surface area contributed by atoms with Gasteiger partial charge in [0.05, 0.1) is 10.0 Å². The van der Waals surface area contributed by atoms with Crippen LogP contribution in [0.4, 0.5) is 4.79 Å². The quantitative estimate of drug-likeness (QED) is 0.427. The number of hydrogen-bond acceptors (Lipinski definition) is 6. The Morgan fingerprint density at radius 3 is 2.37 bits per heavy atom. The zero-order valence-electron chi connectivity index (χ0n) is 19.8. The molecule has 2 amide bonds. The van der Waals surface area contributed by atoms with E-state index in [9.17, 15) is 14.4 Å². The number of rotatable bonds is 7. The number of carbonyl (C=O) groups is 3. The van der Waals surface area contributed by atoms with Gasteiger partial charge in [-0.1, -0.05) is 35.3 Å². The van der Waals surface area contributed by atoms with Crippen molar-refractivity contribution in [3.63, 3.8) is 0 Å². The van der Waals surface area contributed by atoms with Gasteiger partial charge in [-0.05, 0) is 74.8 Å². The first-order valence-electron chi connectivity index (χ1n) is 11.2. The largest absolute Gasteiger partial charge is 0.452 e. The average molecular weight is 538 g/mol. The van der Waals surface area contributed by atoms with Crippen LogP contribution in [0.3, 0.4) is 0 Å². The summed E-state index contributed by atoms with van der Waals surface area (Å²) in [6.07, 6.45) is 0.737. The Morgan fingerprint density at radius 1 is 1.03 bits per heavy atom. The van der Waals surface area contributed by atoms with Crippen LogP contribution in [0.5, 0.6) is 0 Å². The fourth-order valence-corrected chi connectivity index (χ4v) is 4.89. The molecule has 1 saturated heterocycles. The van der Waals surface area contributed by atoms with Crippen LogP contribution in [0.1, 0.15) is 53.5 Å². The average Bonchev–Trinajstić information content (AvgIpc) is 3.23. The fourth-order valence-electron chi connectivity index (χ4n) is 3.49. The molecule has 0 saturated carbocycles. The van der Waals surface area contributed by atoms with E-state index in [1.165, 1.54) is 11.8 Å². The first kappa shape index (κ1) is 27.3. The van der Waals surface area contributed by atoms with Crippen molar-refractivity contribution in [1.29, 1.82) is 0 Å². The molecule has 35 heavy (non-hydrogen) atoms. The minimum absolute atomic E-state index is 0.0524. The van der Waals surface area contributed by atoms with Gasteiger partial charge in [-0.15, -0.1) is 0 Å². The molecular formula is C25H29Cl2N3O4S. The molecule has 1 aliphatic rings. The van der Waals surface area contributed by atoms with Crippen LogP contribution in [0, 0.1) is 0 Å². The summed E-state index contributed by atoms with van der Waals surface area (Å²) >= 11 is 13.1. The minimum atomic E-state index is -0.515. The normalized spacial score (nSPS) is 17.6. The Labute approximate surface area is 219 Å². The fraction of sp³-hybridized carbons (Fsp3) is 0.400. The number of halogens is 2. The Bertz CT molecular complexity index is 1090. The van der Waals surface area contributed by atoms with Crippen molar-refractivity contribution in [2.75, 3.05) is 13.1 Å². The highest BCUT2D eigenvalue weighted by Gasteiger charge is 2.29. The molecule has 2 aromatic carbocycles. The van der Waals surface area contributed by atoms with Gasteiger partial charge in [0.25, 0.3) is 11.8 Å². The van der Waals surface area contributed by atoms with E-state index in [-0.39, 0.29) is 35.0 Å². The molecule has 0 radical (unpaired) electrons. The highest BCUT2D eigenvalue weighted by molar-refractivity contribution is 8.13. The number of benzene rings is 2. The van der Waals surface area contributed by atoms with Crippen molar-refractivity contribution in [1.82, 2.24) is 16.0 Å². The molecule has 0 aromatic heterocycles. The van der Waals surface area contributed by atoms with Crippen LogP contribution in [-0.4, -0.2) is 47.1 Å². The molecule has 1 fully saturated rings. The smallest absolute Gasteiger partial charge is 0.368 e. The monoisotopic (exact) mass is 537 g/mol. The van der Waals surface area contributed by atoms with E-state index in [0.717, 1.165) is 12.0 Å². The predicted molar refractivity (Wildman–Crippen MR) is 140 cm³/mol. The van der Waals surface area contributed by atoms with Crippen LogP contribution in [0.2, 0.25) is 10.0 Å². The topological polar surface area (TPSA) is 96.5 Å². The molecule has 0 bridgehead atoms. The Morgan fingerprint density at radius 2 is 1.71 bits per heavy atom. The van der Waals surface area contributed by atoms with E-state index < -0.39 is 5.60 Å². The summed E-state index contributed by atoms with van der Waals surface area (Å²) in [5, 5.41) is 9.72. The molecule has 0 unspecified atom stereocenters. The van der Waals surface area contributed by atoms with E-state index in [2.05, 4.69) is 16.0 Å². The third kappa shape index (κ3) is 8.72. The van der Waals surface area contributed by atoms with Crippen molar-refractivity contribution >= 4 is 52.1 Å². The van der Waals surface area contributed by atoms with E-state index in [4.69, 9.17) is 27.9 Å². The molecule has 0 aliphatic carbocycles. The third-order valence-corrected chi connectivity index (χ3v) is 6.87. The maximum absolute atomic E-state index is 12.7. The van der Waals surface area contributed by atoms with Crippen molar-refractivity contribution < 1.29 is 19.1 Å². The lowest BCUT2D eigenvalue weighted by Crippen LogP contribution is -2.37. The number of hydrogen-bond donors (Lipinski definition) is 3. The zero-order chi connectivity index (χ0) is 25.6.